The Morgan fingerprint density at radius 1 is 1.16 bits per heavy atom. The number of hydrogen-bond donors (Lipinski definition) is 1. The zero-order valence-corrected chi connectivity index (χ0v) is 16.2. The molecular weight excluding hydrogens is 404 g/mol. The van der Waals surface area contributed by atoms with E-state index in [1.807, 2.05) is 6.07 Å². The average molecular weight is 419 g/mol. The minimum absolute atomic E-state index is 0.346. The van der Waals surface area contributed by atoms with Crippen molar-refractivity contribution in [2.75, 3.05) is 5.32 Å². The van der Waals surface area contributed by atoms with E-state index >= 15 is 0 Å². The first kappa shape index (κ1) is 20.0. The molecule has 4 rings (SSSR count). The predicted molar refractivity (Wildman–Crippen MR) is 109 cm³/mol. The van der Waals surface area contributed by atoms with Gasteiger partial charge in [-0.1, -0.05) is 6.07 Å². The number of fused-ring (bicyclic) bond motifs is 1. The van der Waals surface area contributed by atoms with E-state index in [4.69, 9.17) is 14.4 Å². The summed E-state index contributed by atoms with van der Waals surface area (Å²) in [6, 6.07) is 17.3. The molecule has 0 bridgehead atoms. The number of nitrogens with one attached hydrogen (secondary N) is 1. The van der Waals surface area contributed by atoms with Crippen LogP contribution in [0.3, 0.4) is 0 Å². The molecule has 0 spiro atoms. The van der Waals surface area contributed by atoms with Crippen LogP contribution in [-0.2, 0) is 4.79 Å². The Balaban J connectivity index is 1.49. The first-order valence-corrected chi connectivity index (χ1v) is 9.27. The lowest BCUT2D eigenvalue weighted by atomic mass is 10.1. The van der Waals surface area contributed by atoms with Gasteiger partial charge in [0.2, 0.25) is 11.7 Å². The number of oxazole rings is 1. The number of nitriles is 1. The van der Waals surface area contributed by atoms with Gasteiger partial charge in [0, 0.05) is 11.3 Å². The number of benzene rings is 3. The van der Waals surface area contributed by atoms with Crippen molar-refractivity contribution in [2.45, 2.75) is 13.0 Å². The van der Waals surface area contributed by atoms with Crippen LogP contribution in [-0.4, -0.2) is 17.0 Å². The first-order chi connectivity index (χ1) is 14.9. The Labute approximate surface area is 175 Å². The summed E-state index contributed by atoms with van der Waals surface area (Å²) >= 11 is 0. The van der Waals surface area contributed by atoms with E-state index < -0.39 is 23.6 Å². The number of hydrogen-bond acceptors (Lipinski definition) is 5. The Bertz CT molecular complexity index is 1310. The lowest BCUT2D eigenvalue weighted by Gasteiger charge is -2.15. The number of ether oxygens (including phenoxy) is 1. The van der Waals surface area contributed by atoms with Gasteiger partial charge in [-0.25, -0.2) is 9.37 Å². The Morgan fingerprint density at radius 3 is 2.68 bits per heavy atom. The van der Waals surface area contributed by atoms with Gasteiger partial charge >= 0.3 is 0 Å². The van der Waals surface area contributed by atoms with Gasteiger partial charge in [0.15, 0.2) is 23.3 Å². The van der Waals surface area contributed by atoms with Crippen molar-refractivity contribution >= 4 is 22.7 Å². The fourth-order valence-corrected chi connectivity index (χ4v) is 2.88. The molecule has 1 aromatic heterocycles. The van der Waals surface area contributed by atoms with Crippen LogP contribution in [0.4, 0.5) is 14.5 Å². The second-order valence-corrected chi connectivity index (χ2v) is 6.69. The number of amides is 1. The molecule has 0 saturated carbocycles. The molecule has 3 aromatic carbocycles. The molecule has 4 aromatic rings. The monoisotopic (exact) mass is 419 g/mol. The third-order valence-electron chi connectivity index (χ3n) is 4.51. The van der Waals surface area contributed by atoms with Gasteiger partial charge in [-0.2, -0.15) is 9.65 Å². The van der Waals surface area contributed by atoms with Crippen LogP contribution in [0.1, 0.15) is 12.5 Å². The summed E-state index contributed by atoms with van der Waals surface area (Å²) in [5, 5.41) is 11.5. The molecule has 1 atom stereocenters. The highest BCUT2D eigenvalue weighted by Gasteiger charge is 2.19. The smallest absolute Gasteiger partial charge is 0.265 e. The van der Waals surface area contributed by atoms with E-state index in [9.17, 15) is 13.6 Å². The first-order valence-electron chi connectivity index (χ1n) is 9.27. The van der Waals surface area contributed by atoms with Gasteiger partial charge in [-0.15, -0.1) is 0 Å². The van der Waals surface area contributed by atoms with E-state index in [1.54, 1.807) is 42.5 Å². The number of aromatic nitrogens is 1. The van der Waals surface area contributed by atoms with E-state index in [0.717, 1.165) is 6.07 Å². The van der Waals surface area contributed by atoms with E-state index in [1.165, 1.54) is 19.1 Å². The molecule has 1 amide bonds. The average Bonchev–Trinajstić information content (AvgIpc) is 3.20. The van der Waals surface area contributed by atoms with E-state index in [-0.39, 0.29) is 5.75 Å². The minimum Gasteiger partial charge on any atom is -0.478 e. The number of halogens is 2. The van der Waals surface area contributed by atoms with Crippen LogP contribution in [0.25, 0.3) is 22.6 Å². The summed E-state index contributed by atoms with van der Waals surface area (Å²) in [6.07, 6.45) is -1.07. The lowest BCUT2D eigenvalue weighted by Crippen LogP contribution is -2.30. The zero-order chi connectivity index (χ0) is 22.0. The minimum atomic E-state index is -1.15. The third kappa shape index (κ3) is 4.21. The summed E-state index contributed by atoms with van der Waals surface area (Å²) in [6.45, 7) is 1.43. The van der Waals surface area contributed by atoms with Gasteiger partial charge in [0.05, 0.1) is 11.6 Å². The van der Waals surface area contributed by atoms with Crippen LogP contribution in [0.15, 0.2) is 65.1 Å². The SMILES string of the molecule is C[C@H](Oc1cccc(F)c1F)C(=O)Nc1ccc2oc(-c3ccc(C#N)cc3)nc2c1. The molecule has 0 aliphatic rings. The normalized spacial score (nSPS) is 11.7. The molecule has 6 nitrogen and oxygen atoms in total. The van der Waals surface area contributed by atoms with Gasteiger partial charge < -0.3 is 14.5 Å². The fraction of sp³-hybridized carbons (Fsp3) is 0.0870. The van der Waals surface area contributed by atoms with Crippen molar-refractivity contribution in [3.05, 3.63) is 77.9 Å². The molecule has 0 aliphatic heterocycles. The summed E-state index contributed by atoms with van der Waals surface area (Å²) < 4.78 is 38.0. The molecular formula is C23H15F2N3O3. The van der Waals surface area contributed by atoms with Crippen molar-refractivity contribution in [1.82, 2.24) is 4.98 Å². The number of anilines is 1. The molecule has 0 radical (unpaired) electrons. The number of carbonyl (C=O) groups is 1. The zero-order valence-electron chi connectivity index (χ0n) is 16.2. The summed E-state index contributed by atoms with van der Waals surface area (Å²) in [5.74, 6) is -2.72. The fourth-order valence-electron chi connectivity index (χ4n) is 2.88. The molecule has 0 saturated heterocycles. The van der Waals surface area contributed by atoms with Crippen LogP contribution in [0.5, 0.6) is 5.75 Å². The van der Waals surface area contributed by atoms with Crippen LogP contribution < -0.4 is 10.1 Å². The molecule has 1 heterocycles. The molecule has 8 heteroatoms. The number of carbonyl (C=O) groups excluding carboxylic acids is 1. The summed E-state index contributed by atoms with van der Waals surface area (Å²) in [4.78, 5) is 16.8. The van der Waals surface area contributed by atoms with Crippen molar-refractivity contribution in [1.29, 1.82) is 5.26 Å². The van der Waals surface area contributed by atoms with Gasteiger partial charge in [0.25, 0.3) is 5.91 Å². The Kier molecular flexibility index (Phi) is 5.33. The highest BCUT2D eigenvalue weighted by molar-refractivity contribution is 5.95. The molecule has 0 unspecified atom stereocenters. The van der Waals surface area contributed by atoms with Crippen molar-refractivity contribution < 1.29 is 22.7 Å². The van der Waals surface area contributed by atoms with Gasteiger partial charge in [-0.05, 0) is 61.5 Å². The van der Waals surface area contributed by atoms with Gasteiger partial charge in [0.1, 0.15) is 5.52 Å². The van der Waals surface area contributed by atoms with Crippen molar-refractivity contribution in [3.63, 3.8) is 0 Å². The standard InChI is InChI=1S/C23H15F2N3O3/c1-13(30-20-4-2-3-17(24)21(20)25)22(29)27-16-9-10-19-18(11-16)28-23(31-19)15-7-5-14(12-26)6-8-15/h2-11,13H,1H3,(H,27,29)/t13-/m0/s1. The molecule has 0 aliphatic carbocycles. The van der Waals surface area contributed by atoms with Crippen LogP contribution >= 0.6 is 0 Å². The summed E-state index contributed by atoms with van der Waals surface area (Å²) in [5.41, 5.74) is 2.71. The van der Waals surface area contributed by atoms with E-state index in [0.29, 0.717) is 33.8 Å². The Morgan fingerprint density at radius 2 is 1.94 bits per heavy atom. The molecule has 31 heavy (non-hydrogen) atoms. The second-order valence-electron chi connectivity index (χ2n) is 6.69. The maximum absolute atomic E-state index is 13.7. The number of nitrogens with zero attached hydrogens (tertiary/aromatic N) is 2. The molecule has 0 fully saturated rings. The highest BCUT2D eigenvalue weighted by atomic mass is 19.2. The van der Waals surface area contributed by atoms with Crippen LogP contribution in [0.2, 0.25) is 0 Å². The maximum atomic E-state index is 13.7. The molecule has 154 valence electrons. The summed E-state index contributed by atoms with van der Waals surface area (Å²) in [7, 11) is 0. The van der Waals surface area contributed by atoms with E-state index in [2.05, 4.69) is 10.3 Å². The molecule has 1 N–H and O–H groups in total. The lowest BCUT2D eigenvalue weighted by molar-refractivity contribution is -0.122. The van der Waals surface area contributed by atoms with Crippen molar-refractivity contribution in [2.24, 2.45) is 0 Å². The topological polar surface area (TPSA) is 88.1 Å². The van der Waals surface area contributed by atoms with Crippen molar-refractivity contribution in [3.8, 4) is 23.3 Å². The third-order valence-corrected chi connectivity index (χ3v) is 4.51. The second kappa shape index (κ2) is 8.24. The number of rotatable bonds is 5. The quantitative estimate of drug-likeness (QED) is 0.489. The maximum Gasteiger partial charge on any atom is 0.265 e. The highest BCUT2D eigenvalue weighted by Crippen LogP contribution is 2.27. The largest absolute Gasteiger partial charge is 0.478 e. The van der Waals surface area contributed by atoms with Gasteiger partial charge in [-0.3, -0.25) is 4.79 Å². The Hall–Kier alpha value is -4.25. The predicted octanol–water partition coefficient (Wildman–Crippen LogP) is 5.05. The van der Waals surface area contributed by atoms with Crippen LogP contribution in [0, 0.1) is 23.0 Å².